The van der Waals surface area contributed by atoms with Gasteiger partial charge in [0.25, 0.3) is 0 Å². The van der Waals surface area contributed by atoms with Crippen molar-refractivity contribution in [2.24, 2.45) is 0 Å². The maximum absolute atomic E-state index is 7.32. The van der Waals surface area contributed by atoms with Gasteiger partial charge in [-0.15, -0.1) is 11.3 Å². The van der Waals surface area contributed by atoms with E-state index in [1.165, 1.54) is 129 Å². The highest BCUT2D eigenvalue weighted by molar-refractivity contribution is 7.26. The minimum atomic E-state index is -0.141. The van der Waals surface area contributed by atoms with Gasteiger partial charge >= 0.3 is 6.85 Å². The standard InChI is InChI=1S/C63H63BN2OS/c1-36-29-46-48(62(9,10)27-25-60(46,5)6)34-50(36)65-56-54-43(32-44-41-19-15-16-20-52(41)67-57(44)56)42-30-37-17-13-14-18-38(37)31-51(42)66(40-23-21-39(22-24-40)59(2,3)4)64(54)55-45-33-47-49(35-53(45)68-58(55)65)63(11,12)28-26-61(47,7)8/h13-24,29-35H,25-28H2,1-12H3. The number of aryl methyl sites for hydroxylation is 1. The molecule has 340 valence electrons. The van der Waals surface area contributed by atoms with Crippen molar-refractivity contribution in [2.75, 3.05) is 9.71 Å². The van der Waals surface area contributed by atoms with Crippen LogP contribution < -0.4 is 20.6 Å². The first kappa shape index (κ1) is 42.3. The summed E-state index contributed by atoms with van der Waals surface area (Å²) in [7, 11) is 0. The molecule has 0 saturated carbocycles. The van der Waals surface area contributed by atoms with Gasteiger partial charge in [-0.3, -0.25) is 4.90 Å². The lowest BCUT2D eigenvalue weighted by Crippen LogP contribution is -2.61. The van der Waals surface area contributed by atoms with Gasteiger partial charge in [-0.25, -0.2) is 0 Å². The molecule has 2 aliphatic heterocycles. The van der Waals surface area contributed by atoms with Gasteiger partial charge in [0.1, 0.15) is 5.58 Å². The lowest BCUT2D eigenvalue weighted by atomic mass is 9.43. The molecule has 4 heterocycles. The summed E-state index contributed by atoms with van der Waals surface area (Å²) >= 11 is 1.99. The molecule has 3 nitrogen and oxygen atoms in total. The Kier molecular flexibility index (Phi) is 8.54. The van der Waals surface area contributed by atoms with Gasteiger partial charge in [0.2, 0.25) is 0 Å². The minimum Gasteiger partial charge on any atom is -0.454 e. The zero-order chi connectivity index (χ0) is 47.2. The molecular formula is C63H63BN2OS. The highest BCUT2D eigenvalue weighted by Gasteiger charge is 2.50. The van der Waals surface area contributed by atoms with E-state index in [1.54, 1.807) is 0 Å². The van der Waals surface area contributed by atoms with Crippen LogP contribution in [0, 0.1) is 6.92 Å². The third-order valence-electron chi connectivity index (χ3n) is 17.4. The monoisotopic (exact) mass is 906 g/mol. The molecule has 0 N–H and O–H groups in total. The van der Waals surface area contributed by atoms with Crippen LogP contribution >= 0.6 is 11.3 Å². The number of anilines is 5. The van der Waals surface area contributed by atoms with E-state index in [0.29, 0.717) is 0 Å². The zero-order valence-electron chi connectivity index (χ0n) is 42.1. The quantitative estimate of drug-likeness (QED) is 0.161. The second kappa shape index (κ2) is 13.7. The largest absolute Gasteiger partial charge is 0.454 e. The number of hydrogen-bond acceptors (Lipinski definition) is 4. The van der Waals surface area contributed by atoms with E-state index in [-0.39, 0.29) is 33.9 Å². The first-order valence-electron chi connectivity index (χ1n) is 25.2. The van der Waals surface area contributed by atoms with Crippen LogP contribution in [0.5, 0.6) is 0 Å². The normalized spacial score (nSPS) is 18.4. The minimum absolute atomic E-state index is 0.0272. The Balaban J connectivity index is 1.23. The van der Waals surface area contributed by atoms with Crippen LogP contribution in [0.2, 0.25) is 0 Å². The van der Waals surface area contributed by atoms with E-state index >= 15 is 0 Å². The summed E-state index contributed by atoms with van der Waals surface area (Å²) in [5.41, 5.74) is 20.9. The van der Waals surface area contributed by atoms with Gasteiger partial charge in [-0.05, 0) is 180 Å². The fourth-order valence-electron chi connectivity index (χ4n) is 13.0. The van der Waals surface area contributed by atoms with Crippen LogP contribution in [0.15, 0.2) is 120 Å². The number of thiophene rings is 1. The molecule has 7 aromatic carbocycles. The lowest BCUT2D eigenvalue weighted by Gasteiger charge is -2.46. The molecule has 2 aliphatic carbocycles. The third-order valence-corrected chi connectivity index (χ3v) is 18.6. The predicted molar refractivity (Wildman–Crippen MR) is 294 cm³/mol. The number of fused-ring (bicyclic) bond motifs is 13. The SMILES string of the molecule is Cc1cc2c(cc1N1c3sc4cc5c(cc4c3B3c4c(cc6c(oc7ccccc76)c41)-c1cc4ccccc4cc1N3c1ccc(C(C)(C)C)cc1)C(C)(C)CCC5(C)C)C(C)(C)CCC2(C)C. The Bertz CT molecular complexity index is 3650. The average Bonchev–Trinajstić information content (AvgIpc) is 3.87. The van der Waals surface area contributed by atoms with Gasteiger partial charge in [0, 0.05) is 32.4 Å². The second-order valence-electron chi connectivity index (χ2n) is 24.7. The molecule has 0 fully saturated rings. The Morgan fingerprint density at radius 1 is 0.559 bits per heavy atom. The summed E-state index contributed by atoms with van der Waals surface area (Å²) in [5.74, 6) is 0. The van der Waals surface area contributed by atoms with Crippen LogP contribution in [0.25, 0.3) is 53.9 Å². The van der Waals surface area contributed by atoms with Crippen molar-refractivity contribution in [3.8, 4) is 11.1 Å². The molecule has 0 spiro atoms. The summed E-state index contributed by atoms with van der Waals surface area (Å²) in [4.78, 5) is 5.42. The van der Waals surface area contributed by atoms with Gasteiger partial charge < -0.3 is 9.23 Å². The number of nitrogens with zero attached hydrogens (tertiary/aromatic N) is 2. The highest BCUT2D eigenvalue weighted by Crippen LogP contribution is 2.57. The summed E-state index contributed by atoms with van der Waals surface area (Å²) in [6.45, 7) is 28.9. The zero-order valence-corrected chi connectivity index (χ0v) is 42.9. The summed E-state index contributed by atoms with van der Waals surface area (Å²) < 4.78 is 8.69. The van der Waals surface area contributed by atoms with Crippen molar-refractivity contribution in [2.45, 2.75) is 136 Å². The molecule has 5 heteroatoms. The molecule has 0 unspecified atom stereocenters. The topological polar surface area (TPSA) is 19.6 Å². The molecule has 0 amide bonds. The number of para-hydroxylation sites is 1. The maximum atomic E-state index is 7.32. The molecule has 4 aliphatic rings. The van der Waals surface area contributed by atoms with Gasteiger partial charge in [-0.1, -0.05) is 137 Å². The lowest BCUT2D eigenvalue weighted by molar-refractivity contribution is 0.332. The molecule has 9 aromatic rings. The van der Waals surface area contributed by atoms with E-state index in [0.717, 1.165) is 23.0 Å². The first-order chi connectivity index (χ1) is 32.2. The van der Waals surface area contributed by atoms with Crippen molar-refractivity contribution in [3.63, 3.8) is 0 Å². The number of furan rings is 1. The van der Waals surface area contributed by atoms with Crippen molar-refractivity contribution in [3.05, 3.63) is 149 Å². The van der Waals surface area contributed by atoms with Gasteiger partial charge in [-0.2, -0.15) is 0 Å². The molecule has 2 aromatic heterocycles. The molecule has 0 atom stereocenters. The predicted octanol–water partition coefficient (Wildman–Crippen LogP) is 17.0. The van der Waals surface area contributed by atoms with Gasteiger partial charge in [0.15, 0.2) is 5.58 Å². The van der Waals surface area contributed by atoms with Crippen LogP contribution in [0.1, 0.15) is 135 Å². The Labute approximate surface area is 407 Å². The second-order valence-corrected chi connectivity index (χ2v) is 25.7. The fraction of sp³-hybridized carbons (Fsp3) is 0.333. The van der Waals surface area contributed by atoms with Crippen LogP contribution in [-0.2, 0) is 27.1 Å². The van der Waals surface area contributed by atoms with E-state index in [4.69, 9.17) is 4.42 Å². The van der Waals surface area contributed by atoms with Crippen molar-refractivity contribution in [1.82, 2.24) is 0 Å². The summed E-state index contributed by atoms with van der Waals surface area (Å²) in [6.07, 6.45) is 4.69. The van der Waals surface area contributed by atoms with E-state index in [1.807, 2.05) is 11.3 Å². The summed E-state index contributed by atoms with van der Waals surface area (Å²) in [5, 5.41) is 7.50. The van der Waals surface area contributed by atoms with Crippen molar-refractivity contribution >= 4 is 99.7 Å². The average molecular weight is 907 g/mol. The van der Waals surface area contributed by atoms with Crippen LogP contribution in [0.4, 0.5) is 27.8 Å². The van der Waals surface area contributed by atoms with Crippen molar-refractivity contribution in [1.29, 1.82) is 0 Å². The molecule has 13 rings (SSSR count). The van der Waals surface area contributed by atoms with Crippen LogP contribution in [0.3, 0.4) is 0 Å². The first-order valence-corrected chi connectivity index (χ1v) is 26.0. The number of rotatable bonds is 2. The number of hydrogen-bond donors (Lipinski definition) is 0. The Morgan fingerprint density at radius 2 is 1.15 bits per heavy atom. The van der Waals surface area contributed by atoms with Crippen molar-refractivity contribution < 1.29 is 4.42 Å². The van der Waals surface area contributed by atoms with E-state index < -0.39 is 0 Å². The van der Waals surface area contributed by atoms with Gasteiger partial charge in [0.05, 0.1) is 16.4 Å². The molecule has 0 saturated heterocycles. The highest BCUT2D eigenvalue weighted by atomic mass is 32.1. The third kappa shape index (κ3) is 5.84. The Morgan fingerprint density at radius 3 is 1.81 bits per heavy atom. The molecule has 68 heavy (non-hydrogen) atoms. The Hall–Kier alpha value is -5.78. The van der Waals surface area contributed by atoms with Crippen LogP contribution in [-0.4, -0.2) is 6.85 Å². The number of benzene rings is 7. The molecule has 0 radical (unpaired) electrons. The van der Waals surface area contributed by atoms with E-state index in [9.17, 15) is 0 Å². The molecular weight excluding hydrogens is 844 g/mol. The van der Waals surface area contributed by atoms with E-state index in [2.05, 4.69) is 208 Å². The maximum Gasteiger partial charge on any atom is 0.334 e. The summed E-state index contributed by atoms with van der Waals surface area (Å²) in [6, 6.07) is 45.1. The smallest absolute Gasteiger partial charge is 0.334 e. The fourth-order valence-corrected chi connectivity index (χ4v) is 14.3. The molecule has 0 bridgehead atoms.